The third kappa shape index (κ3) is 5.74. The topological polar surface area (TPSA) is 67.5 Å². The summed E-state index contributed by atoms with van der Waals surface area (Å²) >= 11 is 0. The first-order valence-electron chi connectivity index (χ1n) is 8.08. The molecule has 0 unspecified atom stereocenters. The number of phenols is 1. The predicted octanol–water partition coefficient (Wildman–Crippen LogP) is 4.05. The molecule has 0 aliphatic carbocycles. The van der Waals surface area contributed by atoms with Gasteiger partial charge in [-0.3, -0.25) is 0 Å². The van der Waals surface area contributed by atoms with Crippen molar-refractivity contribution in [2.75, 3.05) is 24.2 Å². The molecule has 0 atom stereocenters. The number of benzene rings is 2. The van der Waals surface area contributed by atoms with E-state index in [0.717, 1.165) is 30.8 Å². The minimum Gasteiger partial charge on any atom is -0.508 e. The standard InChI is InChI=1S/C19H26N2O2/c1-14(2)13-23-19-9-8-15(11-18(19)20)5-4-10-21-16-6-3-7-17(22)12-16/h3,6-9,11-12,14,21-22H,4-5,10,13,20H2,1-2H3. The predicted molar refractivity (Wildman–Crippen MR) is 96.1 cm³/mol. The Hall–Kier alpha value is -2.36. The highest BCUT2D eigenvalue weighted by molar-refractivity contribution is 5.54. The van der Waals surface area contributed by atoms with Crippen molar-refractivity contribution in [3.63, 3.8) is 0 Å². The molecule has 0 bridgehead atoms. The molecular formula is C19H26N2O2. The van der Waals surface area contributed by atoms with Gasteiger partial charge in [0.1, 0.15) is 11.5 Å². The summed E-state index contributed by atoms with van der Waals surface area (Å²) in [5.41, 5.74) is 8.89. The first kappa shape index (κ1) is 17.0. The van der Waals surface area contributed by atoms with E-state index in [0.29, 0.717) is 18.2 Å². The Morgan fingerprint density at radius 1 is 1.17 bits per heavy atom. The van der Waals surface area contributed by atoms with Crippen LogP contribution in [0.3, 0.4) is 0 Å². The summed E-state index contributed by atoms with van der Waals surface area (Å²) in [5, 5.41) is 12.7. The highest BCUT2D eigenvalue weighted by atomic mass is 16.5. The van der Waals surface area contributed by atoms with Gasteiger partial charge in [-0.1, -0.05) is 26.0 Å². The minimum atomic E-state index is 0.278. The number of phenolic OH excluding ortho intramolecular Hbond substituents is 1. The zero-order chi connectivity index (χ0) is 16.7. The van der Waals surface area contributed by atoms with E-state index < -0.39 is 0 Å². The van der Waals surface area contributed by atoms with Gasteiger partial charge < -0.3 is 20.9 Å². The lowest BCUT2D eigenvalue weighted by Gasteiger charge is -2.12. The van der Waals surface area contributed by atoms with E-state index >= 15 is 0 Å². The monoisotopic (exact) mass is 314 g/mol. The molecule has 4 N–H and O–H groups in total. The van der Waals surface area contributed by atoms with Crippen LogP contribution >= 0.6 is 0 Å². The van der Waals surface area contributed by atoms with Crippen LogP contribution < -0.4 is 15.8 Å². The highest BCUT2D eigenvalue weighted by Crippen LogP contribution is 2.24. The Balaban J connectivity index is 1.78. The fourth-order valence-electron chi connectivity index (χ4n) is 2.28. The summed E-state index contributed by atoms with van der Waals surface area (Å²) in [7, 11) is 0. The number of aryl methyl sites for hydroxylation is 1. The van der Waals surface area contributed by atoms with Gasteiger partial charge in [-0.25, -0.2) is 0 Å². The number of nitrogen functional groups attached to an aromatic ring is 1. The zero-order valence-electron chi connectivity index (χ0n) is 13.9. The molecule has 0 amide bonds. The van der Waals surface area contributed by atoms with Crippen molar-refractivity contribution in [3.8, 4) is 11.5 Å². The molecule has 4 nitrogen and oxygen atoms in total. The highest BCUT2D eigenvalue weighted by Gasteiger charge is 2.04. The summed E-state index contributed by atoms with van der Waals surface area (Å²) < 4.78 is 5.69. The van der Waals surface area contributed by atoms with Crippen LogP contribution in [0.5, 0.6) is 11.5 Å². The van der Waals surface area contributed by atoms with Gasteiger partial charge in [0.05, 0.1) is 12.3 Å². The second kappa shape index (κ2) is 8.32. The molecule has 0 fully saturated rings. The van der Waals surface area contributed by atoms with Gasteiger partial charge in [-0.2, -0.15) is 0 Å². The second-order valence-corrected chi connectivity index (χ2v) is 6.16. The van der Waals surface area contributed by atoms with Crippen molar-refractivity contribution in [1.82, 2.24) is 0 Å². The van der Waals surface area contributed by atoms with Gasteiger partial charge in [-0.15, -0.1) is 0 Å². The molecule has 2 aromatic carbocycles. The molecule has 0 aliphatic heterocycles. The van der Waals surface area contributed by atoms with E-state index in [2.05, 4.69) is 25.2 Å². The summed E-state index contributed by atoms with van der Waals surface area (Å²) in [4.78, 5) is 0. The van der Waals surface area contributed by atoms with Gasteiger partial charge >= 0.3 is 0 Å². The van der Waals surface area contributed by atoms with Gasteiger partial charge in [0.25, 0.3) is 0 Å². The van der Waals surface area contributed by atoms with Crippen LogP contribution in [0.25, 0.3) is 0 Å². The smallest absolute Gasteiger partial charge is 0.142 e. The van der Waals surface area contributed by atoms with Crippen LogP contribution in [0.2, 0.25) is 0 Å². The van der Waals surface area contributed by atoms with Gasteiger partial charge in [0.2, 0.25) is 0 Å². The maximum atomic E-state index is 9.42. The van der Waals surface area contributed by atoms with E-state index in [4.69, 9.17) is 10.5 Å². The first-order chi connectivity index (χ1) is 11.0. The number of ether oxygens (including phenoxy) is 1. The number of aromatic hydroxyl groups is 1. The van der Waals surface area contributed by atoms with Crippen LogP contribution in [0.4, 0.5) is 11.4 Å². The van der Waals surface area contributed by atoms with Crippen LogP contribution in [-0.4, -0.2) is 18.3 Å². The molecular weight excluding hydrogens is 288 g/mol. The summed E-state index contributed by atoms with van der Waals surface area (Å²) in [5.74, 6) is 1.53. The summed E-state index contributed by atoms with van der Waals surface area (Å²) in [6.07, 6.45) is 1.93. The number of nitrogens with one attached hydrogen (secondary N) is 1. The van der Waals surface area contributed by atoms with Crippen molar-refractivity contribution in [1.29, 1.82) is 0 Å². The van der Waals surface area contributed by atoms with E-state index in [-0.39, 0.29) is 5.75 Å². The molecule has 2 rings (SSSR count). The molecule has 0 aromatic heterocycles. The maximum Gasteiger partial charge on any atom is 0.142 e. The van der Waals surface area contributed by atoms with E-state index in [1.165, 1.54) is 5.56 Å². The number of nitrogens with two attached hydrogens (primary N) is 1. The van der Waals surface area contributed by atoms with E-state index in [1.54, 1.807) is 12.1 Å². The Labute approximate surface area is 138 Å². The molecule has 0 radical (unpaired) electrons. The maximum absolute atomic E-state index is 9.42. The van der Waals surface area contributed by atoms with E-state index in [9.17, 15) is 5.11 Å². The Bertz CT molecular complexity index is 627. The average molecular weight is 314 g/mol. The average Bonchev–Trinajstić information content (AvgIpc) is 2.50. The zero-order valence-corrected chi connectivity index (χ0v) is 13.9. The fourth-order valence-corrected chi connectivity index (χ4v) is 2.28. The molecule has 0 saturated heterocycles. The largest absolute Gasteiger partial charge is 0.508 e. The third-order valence-corrected chi connectivity index (χ3v) is 3.46. The molecule has 4 heteroatoms. The van der Waals surface area contributed by atoms with Crippen LogP contribution in [-0.2, 0) is 6.42 Å². The van der Waals surface area contributed by atoms with Crippen LogP contribution in [0.1, 0.15) is 25.8 Å². The lowest BCUT2D eigenvalue weighted by atomic mass is 10.1. The Morgan fingerprint density at radius 2 is 2.00 bits per heavy atom. The third-order valence-electron chi connectivity index (χ3n) is 3.46. The molecule has 0 heterocycles. The van der Waals surface area contributed by atoms with Crippen molar-refractivity contribution in [2.24, 2.45) is 5.92 Å². The van der Waals surface area contributed by atoms with Crippen LogP contribution in [0, 0.1) is 5.92 Å². The molecule has 0 spiro atoms. The number of rotatable bonds is 8. The van der Waals surface area contributed by atoms with Crippen molar-refractivity contribution < 1.29 is 9.84 Å². The van der Waals surface area contributed by atoms with Gasteiger partial charge in [0.15, 0.2) is 0 Å². The molecule has 0 saturated carbocycles. The summed E-state index contributed by atoms with van der Waals surface area (Å²) in [6, 6.07) is 13.2. The van der Waals surface area contributed by atoms with Gasteiger partial charge in [-0.05, 0) is 48.6 Å². The number of hydrogen-bond donors (Lipinski definition) is 3. The van der Waals surface area contributed by atoms with Crippen molar-refractivity contribution in [3.05, 3.63) is 48.0 Å². The SMILES string of the molecule is CC(C)COc1ccc(CCCNc2cccc(O)c2)cc1N. The second-order valence-electron chi connectivity index (χ2n) is 6.16. The van der Waals surface area contributed by atoms with Crippen LogP contribution in [0.15, 0.2) is 42.5 Å². The molecule has 0 aliphatic rings. The first-order valence-corrected chi connectivity index (χ1v) is 8.08. The van der Waals surface area contributed by atoms with E-state index in [1.807, 2.05) is 24.3 Å². The lowest BCUT2D eigenvalue weighted by Crippen LogP contribution is -2.07. The molecule has 23 heavy (non-hydrogen) atoms. The van der Waals surface area contributed by atoms with Crippen molar-refractivity contribution in [2.45, 2.75) is 26.7 Å². The quantitative estimate of drug-likeness (QED) is 0.508. The molecule has 124 valence electrons. The number of anilines is 2. The summed E-state index contributed by atoms with van der Waals surface area (Å²) in [6.45, 7) is 5.75. The minimum absolute atomic E-state index is 0.278. The molecule has 2 aromatic rings. The Kier molecular flexibility index (Phi) is 6.15. The lowest BCUT2D eigenvalue weighted by molar-refractivity contribution is 0.272. The normalized spacial score (nSPS) is 10.7. The van der Waals surface area contributed by atoms with Gasteiger partial charge in [0, 0.05) is 18.3 Å². The van der Waals surface area contributed by atoms with Crippen molar-refractivity contribution >= 4 is 11.4 Å². The number of hydrogen-bond acceptors (Lipinski definition) is 4. The Morgan fingerprint density at radius 3 is 2.70 bits per heavy atom. The fraction of sp³-hybridized carbons (Fsp3) is 0.368.